The molecule has 2 aromatic heterocycles. The third-order valence-corrected chi connectivity index (χ3v) is 24.3. The Hall–Kier alpha value is -6.68. The molecular formula is C72H93Cl2F6N7O14S. The van der Waals surface area contributed by atoms with Crippen LogP contribution in [0.5, 0.6) is 11.8 Å². The fourth-order valence-corrected chi connectivity index (χ4v) is 16.3. The van der Waals surface area contributed by atoms with Crippen LogP contribution in [-0.4, -0.2) is 145 Å². The number of alkyl halides is 6. The summed E-state index contributed by atoms with van der Waals surface area (Å²) in [4.78, 5) is 115. The number of carboxylic acids is 1. The van der Waals surface area contributed by atoms with Gasteiger partial charge in [0.1, 0.15) is 30.5 Å². The summed E-state index contributed by atoms with van der Waals surface area (Å²) >= 11 is 12.3. The Kier molecular flexibility index (Phi) is 22.8. The van der Waals surface area contributed by atoms with E-state index in [4.69, 9.17) is 42.1 Å². The first-order valence-corrected chi connectivity index (χ1v) is 36.5. The molecule has 4 aliphatic carbocycles. The summed E-state index contributed by atoms with van der Waals surface area (Å²) in [5.74, 6) is -18.8. The lowest BCUT2D eigenvalue weighted by Gasteiger charge is -2.35. The number of carbonyl (C=O) groups is 7. The molecule has 102 heavy (non-hydrogen) atoms. The number of amides is 3. The van der Waals surface area contributed by atoms with E-state index in [1.807, 2.05) is 25.5 Å². The third-order valence-electron chi connectivity index (χ3n) is 21.7. The molecule has 6 heterocycles. The van der Waals surface area contributed by atoms with Crippen molar-refractivity contribution >= 4 is 96.7 Å². The molecule has 30 heteroatoms. The fourth-order valence-electron chi connectivity index (χ4n) is 14.6. The molecule has 2 aromatic carbocycles. The van der Waals surface area contributed by atoms with Crippen molar-refractivity contribution in [2.24, 2.45) is 57.7 Å². The number of hydrogen-bond acceptors (Lipinski definition) is 17. The molecule has 4 bridgehead atoms. The lowest BCUT2D eigenvalue weighted by molar-refractivity contribution is -0.157. The number of aliphatic carboxylic acids is 1. The van der Waals surface area contributed by atoms with Gasteiger partial charge in [-0.2, -0.15) is 17.6 Å². The minimum Gasteiger partial charge on any atom is -0.480 e. The van der Waals surface area contributed by atoms with E-state index in [-0.39, 0.29) is 111 Å². The van der Waals surface area contributed by atoms with Gasteiger partial charge in [0.2, 0.25) is 45.9 Å². The van der Waals surface area contributed by atoms with Gasteiger partial charge in [-0.05, 0) is 124 Å². The van der Waals surface area contributed by atoms with E-state index in [1.54, 1.807) is 27.7 Å². The van der Waals surface area contributed by atoms with Crippen molar-refractivity contribution < 1.29 is 92.4 Å². The minimum atomic E-state index is -4.26. The predicted molar refractivity (Wildman–Crippen MR) is 365 cm³/mol. The van der Waals surface area contributed by atoms with Gasteiger partial charge in [0, 0.05) is 47.1 Å². The van der Waals surface area contributed by atoms with E-state index >= 15 is 17.6 Å². The summed E-state index contributed by atoms with van der Waals surface area (Å²) in [6.07, 6.45) is -4.69. The van der Waals surface area contributed by atoms with Gasteiger partial charge in [-0.25, -0.2) is 41.9 Å². The summed E-state index contributed by atoms with van der Waals surface area (Å²) in [5, 5.41) is 10.7. The quantitative estimate of drug-likeness (QED) is 0.122. The molecule has 14 atom stereocenters. The molecule has 562 valence electrons. The maximum atomic E-state index is 16.2. The first-order chi connectivity index (χ1) is 46.6. The summed E-state index contributed by atoms with van der Waals surface area (Å²) in [7, 11) is -4.26. The summed E-state index contributed by atoms with van der Waals surface area (Å²) < 4.78 is 143. The number of ketones is 1. The second-order valence-electron chi connectivity index (χ2n) is 31.3. The molecule has 0 unspecified atom stereocenters. The standard InChI is InChI=1S/C40H49ClF4N4O8S.C30H36ClF2N3O6.2CH4/c1-20-29-19-49(31(20)27(50)18-39(17-24(39)33(42)43)36(53)48-58(54,55)38(5)12-13-38)35(52)23(37(2,3)4)16-30(51)56-28-14-21(28)8-6-7-11-40(44,45)32-34(57-29)47-26-15-22(41)9-10-25(26)46-32;1-15-22-14-36(24(15)28(39)40)27(38)18(29(2,3)4)13-23(37)41-21-11-16(21)7-5-6-10-30(32,33)25-26(42-22)35-20-12-17(31)8-9-19(20)34-25;;/h9-10,15,20-21,23-24,28-29,31,33H,6-8,11-14,16-19H2,1-5H3,(H,48,53);8-9,12,15-16,18,21-22,24H,5-7,10-11,13-14H2,1-4H3,(H,39,40);2*1H4/t20-,21-,23-,24+,28-,29+,31+,39-;15-,16-,18-,21-,22+,24+;;/m11../s1. The lowest BCUT2D eigenvalue weighted by atomic mass is 9.77. The normalized spacial score (nSPS) is 30.9. The van der Waals surface area contributed by atoms with Gasteiger partial charge in [0.15, 0.2) is 17.2 Å². The van der Waals surface area contributed by atoms with Gasteiger partial charge in [-0.3, -0.25) is 33.5 Å². The Morgan fingerprint density at radius 1 is 0.637 bits per heavy atom. The third kappa shape index (κ3) is 16.7. The van der Waals surface area contributed by atoms with E-state index in [1.165, 1.54) is 60.0 Å². The molecular weight excluding hydrogens is 1400 g/mol. The number of nitrogens with zero attached hydrogens (tertiary/aromatic N) is 6. The van der Waals surface area contributed by atoms with Crippen LogP contribution in [0.4, 0.5) is 26.3 Å². The number of aromatic nitrogens is 4. The summed E-state index contributed by atoms with van der Waals surface area (Å²) in [5.41, 5.74) is -4.28. The highest BCUT2D eigenvalue weighted by atomic mass is 35.5. The van der Waals surface area contributed by atoms with E-state index in [0.717, 1.165) is 0 Å². The second kappa shape index (κ2) is 29.3. The Balaban J connectivity index is 0.000000244. The van der Waals surface area contributed by atoms with Crippen LogP contribution in [0.3, 0.4) is 0 Å². The Morgan fingerprint density at radius 3 is 1.45 bits per heavy atom. The van der Waals surface area contributed by atoms with Crippen molar-refractivity contribution in [3.05, 3.63) is 57.8 Å². The average Bonchev–Trinajstić information content (AvgIpc) is 1.56. The lowest BCUT2D eigenvalue weighted by Crippen LogP contribution is -2.50. The minimum absolute atomic E-state index is 0. The fraction of sp³-hybridized carbons (Fsp3) is 0.681. The SMILES string of the molecule is C.C.C[C@@H]1[C@@H]2CN(C(=O)[C@H](C(C)(C)C)CC(=O)O[C@@H]3C[C@H]3CCCCC(F)(F)c3nc4ccc(Cl)cc4nc3O2)[C@@H]1C(=O)C[C@]1(C(=O)NS(=O)(=O)C2(C)CC2)C[C@H]1C(F)F.C[C@@H]1[C@@H]2CN(C(=O)[C@H](C(C)(C)C)CC(=O)O[C@@H]3C[C@H]3CCCCC(F)(F)c3nc4ccc(Cl)cc4nc3O2)[C@@H]1C(=O)O. The molecule has 21 nitrogen and oxygen atoms in total. The average molecular weight is 1500 g/mol. The van der Waals surface area contributed by atoms with Crippen LogP contribution < -0.4 is 14.2 Å². The molecule has 12 rings (SSSR count). The van der Waals surface area contributed by atoms with Crippen molar-refractivity contribution in [2.75, 3.05) is 13.1 Å². The van der Waals surface area contributed by atoms with Crippen LogP contribution in [-0.2, 0) is 64.9 Å². The van der Waals surface area contributed by atoms with Crippen LogP contribution >= 0.6 is 23.2 Å². The maximum absolute atomic E-state index is 16.2. The van der Waals surface area contributed by atoms with Gasteiger partial charge in [0.25, 0.3) is 11.8 Å². The number of benzene rings is 2. The number of rotatable bonds is 8. The zero-order valence-electron chi connectivity index (χ0n) is 57.1. The monoisotopic (exact) mass is 1500 g/mol. The number of carbonyl (C=O) groups excluding carboxylic acids is 6. The Morgan fingerprint density at radius 2 is 1.06 bits per heavy atom. The number of halogens is 8. The number of nitrogens with one attached hydrogen (secondary N) is 1. The Bertz CT molecular complexity index is 4030. The number of carboxylic acid groups (broad SMARTS) is 1. The molecule has 2 N–H and O–H groups in total. The maximum Gasteiger partial charge on any atom is 0.326 e. The molecule has 4 saturated carbocycles. The van der Waals surface area contributed by atoms with Crippen molar-refractivity contribution in [1.29, 1.82) is 0 Å². The molecule has 6 fully saturated rings. The van der Waals surface area contributed by atoms with Crippen molar-refractivity contribution in [2.45, 2.75) is 239 Å². The predicted octanol–water partition coefficient (Wildman–Crippen LogP) is 13.6. The number of Topliss-reactive ketones (excluding diaryl/α,β-unsaturated/α-hetero) is 1. The van der Waals surface area contributed by atoms with Crippen LogP contribution in [0.15, 0.2) is 36.4 Å². The molecule has 8 aliphatic rings. The van der Waals surface area contributed by atoms with Gasteiger partial charge >= 0.3 is 17.9 Å². The van der Waals surface area contributed by atoms with E-state index < -0.39 is 200 Å². The largest absolute Gasteiger partial charge is 0.480 e. The highest BCUT2D eigenvalue weighted by Crippen LogP contribution is 2.60. The molecule has 0 radical (unpaired) electrons. The summed E-state index contributed by atoms with van der Waals surface area (Å²) in [6, 6.07) is 6.15. The van der Waals surface area contributed by atoms with Crippen molar-refractivity contribution in [1.82, 2.24) is 34.5 Å². The van der Waals surface area contributed by atoms with Gasteiger partial charge in [-0.15, -0.1) is 0 Å². The topological polar surface area (TPSA) is 281 Å². The van der Waals surface area contributed by atoms with Gasteiger partial charge < -0.3 is 33.9 Å². The number of hydrogen-bond donors (Lipinski definition) is 2. The van der Waals surface area contributed by atoms with Crippen LogP contribution in [0.1, 0.15) is 191 Å². The van der Waals surface area contributed by atoms with E-state index in [2.05, 4.69) is 19.9 Å². The van der Waals surface area contributed by atoms with Gasteiger partial charge in [0.05, 0.1) is 76.0 Å². The molecule has 3 amide bonds. The second-order valence-corrected chi connectivity index (χ2v) is 34.4. The van der Waals surface area contributed by atoms with E-state index in [9.17, 15) is 55.9 Å². The van der Waals surface area contributed by atoms with E-state index in [0.29, 0.717) is 43.5 Å². The number of fused-ring (bicyclic) bond motifs is 10. The van der Waals surface area contributed by atoms with Gasteiger partial charge in [-0.1, -0.05) is 106 Å². The first kappa shape index (κ1) is 79.4. The van der Waals surface area contributed by atoms with Crippen LogP contribution in [0.2, 0.25) is 10.0 Å². The van der Waals surface area contributed by atoms with Crippen molar-refractivity contribution in [3.63, 3.8) is 0 Å². The molecule has 0 spiro atoms. The van der Waals surface area contributed by atoms with Crippen LogP contribution in [0.25, 0.3) is 22.1 Å². The smallest absolute Gasteiger partial charge is 0.326 e. The molecule has 2 saturated heterocycles. The zero-order valence-corrected chi connectivity index (χ0v) is 59.5. The Labute approximate surface area is 600 Å². The summed E-state index contributed by atoms with van der Waals surface area (Å²) in [6.45, 7) is 14.6. The number of esters is 2. The zero-order chi connectivity index (χ0) is 72.9. The molecule has 4 aromatic rings. The highest BCUT2D eigenvalue weighted by Gasteiger charge is 2.67. The highest BCUT2D eigenvalue weighted by molar-refractivity contribution is 7.91. The van der Waals surface area contributed by atoms with Crippen LogP contribution in [0, 0.1) is 57.7 Å². The number of sulfonamides is 1. The first-order valence-electron chi connectivity index (χ1n) is 34.3. The molecule has 4 aliphatic heterocycles. The van der Waals surface area contributed by atoms with Crippen molar-refractivity contribution in [3.8, 4) is 11.8 Å². The number of ether oxygens (including phenoxy) is 4.